The normalized spacial score (nSPS) is 12.0. The molecule has 0 aliphatic rings. The van der Waals surface area contributed by atoms with E-state index in [-0.39, 0.29) is 11.2 Å². The molecule has 0 fully saturated rings. The average molecular weight is 402 g/mol. The van der Waals surface area contributed by atoms with Crippen molar-refractivity contribution in [2.45, 2.75) is 31.0 Å². The molecule has 0 saturated heterocycles. The first kappa shape index (κ1) is 19.3. The molecule has 1 atom stereocenters. The number of carbonyl (C=O) groups is 2. The first-order chi connectivity index (χ1) is 12.9. The summed E-state index contributed by atoms with van der Waals surface area (Å²) in [6, 6.07) is 6.66. The number of nitrogens with zero attached hydrogens (tertiary/aromatic N) is 2. The van der Waals surface area contributed by atoms with Gasteiger partial charge in [0.15, 0.2) is 0 Å². The molecule has 1 aromatic carbocycles. The van der Waals surface area contributed by atoms with Crippen LogP contribution in [0.5, 0.6) is 0 Å². The van der Waals surface area contributed by atoms with E-state index in [1.54, 1.807) is 35.6 Å². The van der Waals surface area contributed by atoms with Crippen LogP contribution in [0.2, 0.25) is 0 Å². The molecule has 3 aromatic rings. The predicted molar refractivity (Wildman–Crippen MR) is 109 cm³/mol. The van der Waals surface area contributed by atoms with Gasteiger partial charge in [0.25, 0.3) is 0 Å². The number of esters is 1. The number of thioether (sulfide) groups is 1. The van der Waals surface area contributed by atoms with Crippen molar-refractivity contribution in [1.29, 1.82) is 0 Å². The van der Waals surface area contributed by atoms with Crippen molar-refractivity contribution < 1.29 is 14.3 Å². The fourth-order valence-corrected chi connectivity index (χ4v) is 4.58. The van der Waals surface area contributed by atoms with E-state index in [2.05, 4.69) is 22.2 Å². The van der Waals surface area contributed by atoms with Crippen molar-refractivity contribution in [3.8, 4) is 0 Å². The summed E-state index contributed by atoms with van der Waals surface area (Å²) in [5, 5.41) is 4.28. The molecular formula is C19H19N3O3S2. The molecule has 0 saturated carbocycles. The van der Waals surface area contributed by atoms with E-state index >= 15 is 0 Å². The van der Waals surface area contributed by atoms with Gasteiger partial charge in [0, 0.05) is 16.0 Å². The van der Waals surface area contributed by atoms with Gasteiger partial charge in [-0.3, -0.25) is 4.79 Å². The van der Waals surface area contributed by atoms with Crippen LogP contribution in [0.4, 0.5) is 5.69 Å². The number of thiophene rings is 1. The maximum Gasteiger partial charge on any atom is 0.337 e. The van der Waals surface area contributed by atoms with Gasteiger partial charge in [0.2, 0.25) is 5.91 Å². The van der Waals surface area contributed by atoms with Gasteiger partial charge in [-0.15, -0.1) is 11.3 Å². The molecule has 0 aliphatic carbocycles. The lowest BCUT2D eigenvalue weighted by atomic mass is 10.2. The van der Waals surface area contributed by atoms with E-state index in [4.69, 9.17) is 4.74 Å². The van der Waals surface area contributed by atoms with Crippen LogP contribution in [-0.2, 0) is 9.53 Å². The molecular weight excluding hydrogens is 382 g/mol. The topological polar surface area (TPSA) is 81.2 Å². The Bertz CT molecular complexity index is 1020. The van der Waals surface area contributed by atoms with Crippen LogP contribution in [0.3, 0.4) is 0 Å². The van der Waals surface area contributed by atoms with Crippen LogP contribution >= 0.6 is 23.1 Å². The van der Waals surface area contributed by atoms with E-state index in [1.807, 2.05) is 13.8 Å². The number of amides is 1. The van der Waals surface area contributed by atoms with Crippen molar-refractivity contribution in [1.82, 2.24) is 9.97 Å². The number of benzene rings is 1. The van der Waals surface area contributed by atoms with E-state index in [9.17, 15) is 9.59 Å². The Labute approximate surface area is 165 Å². The van der Waals surface area contributed by atoms with E-state index in [0.717, 1.165) is 20.8 Å². The second-order valence-electron chi connectivity index (χ2n) is 5.96. The van der Waals surface area contributed by atoms with Crippen molar-refractivity contribution in [2.24, 2.45) is 0 Å². The summed E-state index contributed by atoms with van der Waals surface area (Å²) >= 11 is 3.02. The molecule has 2 heterocycles. The summed E-state index contributed by atoms with van der Waals surface area (Å²) < 4.78 is 4.71. The Morgan fingerprint density at radius 1 is 1.26 bits per heavy atom. The van der Waals surface area contributed by atoms with Crippen LogP contribution in [0, 0.1) is 13.8 Å². The van der Waals surface area contributed by atoms with Crippen molar-refractivity contribution in [3.05, 3.63) is 46.6 Å². The highest BCUT2D eigenvalue weighted by atomic mass is 32.2. The van der Waals surface area contributed by atoms with Crippen LogP contribution in [0.25, 0.3) is 10.2 Å². The SMILES string of the molecule is COC(=O)c1cccc(NC(=O)C(C)Sc2ncnc3sc(C)c(C)c23)c1. The minimum atomic E-state index is -0.444. The number of carbonyl (C=O) groups excluding carboxylic acids is 2. The summed E-state index contributed by atoms with van der Waals surface area (Å²) in [6.45, 7) is 5.93. The largest absolute Gasteiger partial charge is 0.465 e. The summed E-state index contributed by atoms with van der Waals surface area (Å²) in [7, 11) is 1.32. The van der Waals surface area contributed by atoms with Gasteiger partial charge in [-0.05, 0) is 44.5 Å². The Kier molecular flexibility index (Phi) is 5.76. The third kappa shape index (κ3) is 4.12. The zero-order valence-electron chi connectivity index (χ0n) is 15.4. The van der Waals surface area contributed by atoms with E-state index in [1.165, 1.54) is 30.1 Å². The molecule has 27 heavy (non-hydrogen) atoms. The monoisotopic (exact) mass is 401 g/mol. The number of hydrogen-bond acceptors (Lipinski definition) is 7. The lowest BCUT2D eigenvalue weighted by molar-refractivity contribution is -0.115. The van der Waals surface area contributed by atoms with E-state index in [0.29, 0.717) is 11.3 Å². The molecule has 2 aromatic heterocycles. The number of nitrogens with one attached hydrogen (secondary N) is 1. The Hall–Kier alpha value is -2.45. The maximum absolute atomic E-state index is 12.6. The van der Waals surface area contributed by atoms with Crippen LogP contribution in [-0.4, -0.2) is 34.2 Å². The summed E-state index contributed by atoms with van der Waals surface area (Å²) in [6.07, 6.45) is 1.53. The number of hydrogen-bond donors (Lipinski definition) is 1. The minimum Gasteiger partial charge on any atom is -0.465 e. The lowest BCUT2D eigenvalue weighted by Crippen LogP contribution is -2.22. The molecule has 1 N–H and O–H groups in total. The Morgan fingerprint density at radius 3 is 2.78 bits per heavy atom. The maximum atomic E-state index is 12.6. The van der Waals surface area contributed by atoms with Gasteiger partial charge in [-0.25, -0.2) is 14.8 Å². The second kappa shape index (κ2) is 8.06. The average Bonchev–Trinajstić information content (AvgIpc) is 2.96. The number of aryl methyl sites for hydroxylation is 2. The number of ether oxygens (including phenoxy) is 1. The quantitative estimate of drug-likeness (QED) is 0.392. The zero-order valence-corrected chi connectivity index (χ0v) is 17.0. The van der Waals surface area contributed by atoms with Crippen molar-refractivity contribution in [3.63, 3.8) is 0 Å². The van der Waals surface area contributed by atoms with Gasteiger partial charge in [0.1, 0.15) is 16.2 Å². The fourth-order valence-electron chi connectivity index (χ4n) is 2.55. The highest BCUT2D eigenvalue weighted by Crippen LogP contribution is 2.36. The number of methoxy groups -OCH3 is 1. The van der Waals surface area contributed by atoms with Gasteiger partial charge < -0.3 is 10.1 Å². The third-order valence-electron chi connectivity index (χ3n) is 4.14. The van der Waals surface area contributed by atoms with Crippen LogP contribution < -0.4 is 5.32 Å². The molecule has 1 amide bonds. The van der Waals surface area contributed by atoms with Crippen LogP contribution in [0.15, 0.2) is 35.6 Å². The van der Waals surface area contributed by atoms with Gasteiger partial charge >= 0.3 is 5.97 Å². The molecule has 140 valence electrons. The second-order valence-corrected chi connectivity index (χ2v) is 8.50. The predicted octanol–water partition coefficient (Wildman–Crippen LogP) is 4.21. The highest BCUT2D eigenvalue weighted by Gasteiger charge is 2.20. The molecule has 3 rings (SSSR count). The van der Waals surface area contributed by atoms with Gasteiger partial charge in [-0.2, -0.15) is 0 Å². The fraction of sp³-hybridized carbons (Fsp3) is 0.263. The number of aromatic nitrogens is 2. The summed E-state index contributed by atoms with van der Waals surface area (Å²) in [5.41, 5.74) is 2.08. The molecule has 0 spiro atoms. The minimum absolute atomic E-state index is 0.168. The van der Waals surface area contributed by atoms with Crippen LogP contribution in [0.1, 0.15) is 27.7 Å². The summed E-state index contributed by atoms with van der Waals surface area (Å²) in [5.74, 6) is -0.612. The van der Waals surface area contributed by atoms with Gasteiger partial charge in [-0.1, -0.05) is 17.8 Å². The number of anilines is 1. The molecule has 6 nitrogen and oxygen atoms in total. The van der Waals surface area contributed by atoms with Crippen molar-refractivity contribution >= 4 is 50.9 Å². The molecule has 8 heteroatoms. The zero-order chi connectivity index (χ0) is 19.6. The first-order valence-corrected chi connectivity index (χ1v) is 9.97. The van der Waals surface area contributed by atoms with Crippen molar-refractivity contribution in [2.75, 3.05) is 12.4 Å². The standard InChI is InChI=1S/C19H19N3O3S2/c1-10-11(2)26-17-15(10)18(21-9-20-17)27-12(3)16(23)22-14-7-5-6-13(8-14)19(24)25-4/h5-9,12H,1-4H3,(H,22,23). The third-order valence-corrected chi connectivity index (χ3v) is 6.36. The Balaban J connectivity index is 1.76. The Morgan fingerprint density at radius 2 is 2.04 bits per heavy atom. The van der Waals surface area contributed by atoms with E-state index < -0.39 is 5.97 Å². The molecule has 0 aliphatic heterocycles. The molecule has 1 unspecified atom stereocenters. The molecule has 0 bridgehead atoms. The number of rotatable bonds is 5. The lowest BCUT2D eigenvalue weighted by Gasteiger charge is -2.13. The molecule has 0 radical (unpaired) electrons. The first-order valence-electron chi connectivity index (χ1n) is 8.27. The summed E-state index contributed by atoms with van der Waals surface area (Å²) in [4.78, 5) is 35.1. The number of fused-ring (bicyclic) bond motifs is 1. The highest BCUT2D eigenvalue weighted by molar-refractivity contribution is 8.00. The smallest absolute Gasteiger partial charge is 0.337 e. The van der Waals surface area contributed by atoms with Gasteiger partial charge in [0.05, 0.1) is 17.9 Å².